The molecule has 8 heteroatoms. The van der Waals surface area contributed by atoms with E-state index in [2.05, 4.69) is 0 Å². The van der Waals surface area contributed by atoms with Crippen LogP contribution in [0, 0.1) is 13.8 Å². The minimum atomic E-state index is -0.0590. The number of hydrogen-bond acceptors (Lipinski definition) is 6. The summed E-state index contributed by atoms with van der Waals surface area (Å²) in [7, 11) is 3.58. The molecule has 4 aromatic rings. The maximum atomic E-state index is 13.9. The number of rotatable bonds is 6. The summed E-state index contributed by atoms with van der Waals surface area (Å²) in [6.07, 6.45) is 4.18. The molecule has 3 aromatic heterocycles. The summed E-state index contributed by atoms with van der Waals surface area (Å²) in [6, 6.07) is 9.33. The zero-order valence-corrected chi connectivity index (χ0v) is 21.4. The van der Waals surface area contributed by atoms with Crippen LogP contribution in [-0.4, -0.2) is 32.8 Å². The van der Waals surface area contributed by atoms with E-state index < -0.39 is 0 Å². The number of thiophene rings is 1. The first-order chi connectivity index (χ1) is 16.4. The molecule has 0 amide bonds. The van der Waals surface area contributed by atoms with Crippen LogP contribution < -0.4 is 10.3 Å². The summed E-state index contributed by atoms with van der Waals surface area (Å²) in [5.74, 6) is 0.967. The molecule has 0 saturated heterocycles. The van der Waals surface area contributed by atoms with Crippen molar-refractivity contribution in [1.29, 1.82) is 0 Å². The average molecular weight is 494 g/mol. The number of aryl methyl sites for hydroxylation is 3. The van der Waals surface area contributed by atoms with E-state index in [0.717, 1.165) is 69.9 Å². The molecule has 0 N–H and O–H groups in total. The highest BCUT2D eigenvalue weighted by Gasteiger charge is 2.24. The van der Waals surface area contributed by atoms with E-state index in [1.807, 2.05) is 55.8 Å². The molecule has 0 aliphatic heterocycles. The zero-order chi connectivity index (χ0) is 24.0. The Morgan fingerprint density at radius 1 is 1.18 bits per heavy atom. The van der Waals surface area contributed by atoms with Gasteiger partial charge >= 0.3 is 0 Å². The number of carbonyl (C=O) groups is 1. The fourth-order valence-corrected chi connectivity index (χ4v) is 6.79. The lowest BCUT2D eigenvalue weighted by Gasteiger charge is -2.14. The number of ketones is 1. The van der Waals surface area contributed by atoms with Crippen LogP contribution in [0.25, 0.3) is 15.9 Å². The minimum Gasteiger partial charge on any atom is -0.497 e. The Balaban J connectivity index is 1.59. The van der Waals surface area contributed by atoms with Crippen LogP contribution in [0.2, 0.25) is 0 Å². The predicted molar refractivity (Wildman–Crippen MR) is 138 cm³/mol. The summed E-state index contributed by atoms with van der Waals surface area (Å²) >= 11 is 2.95. The normalized spacial score (nSPS) is 13.3. The quantitative estimate of drug-likeness (QED) is 0.208. The van der Waals surface area contributed by atoms with E-state index in [0.29, 0.717) is 5.16 Å². The van der Waals surface area contributed by atoms with E-state index in [4.69, 9.17) is 9.72 Å². The van der Waals surface area contributed by atoms with Crippen molar-refractivity contribution >= 4 is 39.1 Å². The number of carbonyl (C=O) groups excluding carboxylic acids is 1. The predicted octanol–water partition coefficient (Wildman–Crippen LogP) is 5.26. The van der Waals surface area contributed by atoms with Crippen LogP contribution in [-0.2, 0) is 19.9 Å². The fourth-order valence-electron chi connectivity index (χ4n) is 4.59. The van der Waals surface area contributed by atoms with Gasteiger partial charge in [-0.15, -0.1) is 11.3 Å². The zero-order valence-electron chi connectivity index (χ0n) is 19.8. The van der Waals surface area contributed by atoms with E-state index in [9.17, 15) is 9.59 Å². The molecule has 0 saturated carbocycles. The van der Waals surface area contributed by atoms with Gasteiger partial charge in [-0.25, -0.2) is 4.98 Å². The second kappa shape index (κ2) is 9.07. The number of nitrogens with zero attached hydrogens (tertiary/aromatic N) is 3. The lowest BCUT2D eigenvalue weighted by molar-refractivity contribution is 0.102. The molecule has 3 heterocycles. The van der Waals surface area contributed by atoms with Crippen LogP contribution >= 0.6 is 23.1 Å². The van der Waals surface area contributed by atoms with Gasteiger partial charge in [-0.05, 0) is 75.4 Å². The van der Waals surface area contributed by atoms with Crippen molar-refractivity contribution in [2.75, 3.05) is 12.9 Å². The molecule has 0 radical (unpaired) electrons. The number of hydrogen-bond donors (Lipinski definition) is 0. The Labute approximate surface area is 206 Å². The lowest BCUT2D eigenvalue weighted by Crippen LogP contribution is -2.22. The molecule has 1 aliphatic carbocycles. The molecular weight excluding hydrogens is 466 g/mol. The number of aromatic nitrogens is 3. The van der Waals surface area contributed by atoms with E-state index in [1.54, 1.807) is 23.0 Å². The topological polar surface area (TPSA) is 66.1 Å². The monoisotopic (exact) mass is 493 g/mol. The number of Topliss-reactive ketones (excluding diaryl/α,β-unsaturated/α-hetero) is 1. The van der Waals surface area contributed by atoms with Crippen LogP contribution in [0.15, 0.2) is 40.3 Å². The molecule has 1 aromatic carbocycles. The van der Waals surface area contributed by atoms with Crippen molar-refractivity contribution < 1.29 is 9.53 Å². The molecular formula is C26H27N3O3S2. The van der Waals surface area contributed by atoms with Gasteiger partial charge in [-0.2, -0.15) is 0 Å². The van der Waals surface area contributed by atoms with Gasteiger partial charge in [-0.1, -0.05) is 11.8 Å². The number of thioether (sulfide) groups is 1. The molecule has 0 spiro atoms. The third-order valence-electron chi connectivity index (χ3n) is 6.70. The van der Waals surface area contributed by atoms with Gasteiger partial charge in [0.1, 0.15) is 10.6 Å². The van der Waals surface area contributed by atoms with E-state index >= 15 is 0 Å². The van der Waals surface area contributed by atoms with Crippen molar-refractivity contribution in [2.45, 2.75) is 44.7 Å². The summed E-state index contributed by atoms with van der Waals surface area (Å²) in [4.78, 5) is 33.9. The Bertz CT molecular complexity index is 1460. The summed E-state index contributed by atoms with van der Waals surface area (Å²) in [5.41, 5.74) is 4.54. The van der Waals surface area contributed by atoms with Crippen molar-refractivity contribution in [1.82, 2.24) is 14.1 Å². The van der Waals surface area contributed by atoms with Crippen molar-refractivity contribution in [3.63, 3.8) is 0 Å². The first-order valence-corrected chi connectivity index (χ1v) is 13.2. The Kier molecular flexibility index (Phi) is 6.12. The second-order valence-corrected chi connectivity index (χ2v) is 10.7. The highest BCUT2D eigenvalue weighted by molar-refractivity contribution is 7.99. The van der Waals surface area contributed by atoms with Crippen LogP contribution in [0.1, 0.15) is 45.0 Å². The van der Waals surface area contributed by atoms with Gasteiger partial charge in [-0.3, -0.25) is 14.2 Å². The van der Waals surface area contributed by atoms with Crippen molar-refractivity contribution in [2.24, 2.45) is 7.05 Å². The Morgan fingerprint density at radius 3 is 2.59 bits per heavy atom. The second-order valence-electron chi connectivity index (χ2n) is 8.68. The Hall–Kier alpha value is -2.84. The van der Waals surface area contributed by atoms with Crippen molar-refractivity contribution in [3.05, 3.63) is 68.1 Å². The summed E-state index contributed by atoms with van der Waals surface area (Å²) in [5, 5.41) is 1.28. The highest BCUT2D eigenvalue weighted by Crippen LogP contribution is 2.35. The largest absolute Gasteiger partial charge is 0.497 e. The molecule has 5 rings (SSSR count). The fraction of sp³-hybridized carbons (Fsp3) is 0.346. The first-order valence-electron chi connectivity index (χ1n) is 11.4. The van der Waals surface area contributed by atoms with Gasteiger partial charge < -0.3 is 9.30 Å². The Morgan fingerprint density at radius 2 is 1.91 bits per heavy atom. The molecule has 0 bridgehead atoms. The smallest absolute Gasteiger partial charge is 0.267 e. The third kappa shape index (κ3) is 3.88. The summed E-state index contributed by atoms with van der Waals surface area (Å²) in [6.45, 7) is 3.95. The number of fused-ring (bicyclic) bond motifs is 3. The number of ether oxygens (including phenoxy) is 1. The third-order valence-corrected chi connectivity index (χ3v) is 8.82. The molecule has 0 atom stereocenters. The molecule has 0 unspecified atom stereocenters. The van der Waals surface area contributed by atoms with Gasteiger partial charge in [0.2, 0.25) is 0 Å². The van der Waals surface area contributed by atoms with Gasteiger partial charge in [0.25, 0.3) is 5.56 Å². The van der Waals surface area contributed by atoms with Crippen LogP contribution in [0.4, 0.5) is 0 Å². The molecule has 34 heavy (non-hydrogen) atoms. The van der Waals surface area contributed by atoms with E-state index in [-0.39, 0.29) is 17.1 Å². The maximum absolute atomic E-state index is 13.9. The maximum Gasteiger partial charge on any atom is 0.267 e. The standard InChI is InChI=1S/C26H27N3O3S2/c1-15-13-20(16(2)28(15)3)21(30)14-33-26-27-24-23(19-7-5-6-8-22(19)34-24)25(31)29(26)17-9-11-18(32-4)12-10-17/h9-13H,5-8,14H2,1-4H3. The molecule has 0 fully saturated rings. The lowest BCUT2D eigenvalue weighted by atomic mass is 9.97. The number of benzene rings is 1. The van der Waals surface area contributed by atoms with Crippen LogP contribution in [0.3, 0.4) is 0 Å². The van der Waals surface area contributed by atoms with Gasteiger partial charge in [0.05, 0.1) is 23.9 Å². The number of methoxy groups -OCH3 is 1. The SMILES string of the molecule is COc1ccc(-n2c(SCC(=O)c3cc(C)n(C)c3C)nc3sc4c(c3c2=O)CCCC4)cc1. The minimum absolute atomic E-state index is 0.0345. The highest BCUT2D eigenvalue weighted by atomic mass is 32.2. The first kappa shape index (κ1) is 22.9. The molecule has 176 valence electrons. The van der Waals surface area contributed by atoms with Gasteiger partial charge in [0, 0.05) is 28.9 Å². The van der Waals surface area contributed by atoms with Crippen LogP contribution in [0.5, 0.6) is 5.75 Å². The summed E-state index contributed by atoms with van der Waals surface area (Å²) < 4.78 is 8.97. The molecule has 1 aliphatic rings. The average Bonchev–Trinajstić information content (AvgIpc) is 3.35. The van der Waals surface area contributed by atoms with Gasteiger partial charge in [0.15, 0.2) is 10.9 Å². The van der Waals surface area contributed by atoms with Crippen molar-refractivity contribution in [3.8, 4) is 11.4 Å². The van der Waals surface area contributed by atoms with E-state index in [1.165, 1.54) is 16.6 Å². The molecule has 6 nitrogen and oxygen atoms in total.